The van der Waals surface area contributed by atoms with Gasteiger partial charge in [0, 0.05) is 0 Å². The zero-order valence-corrected chi connectivity index (χ0v) is 6.07. The lowest BCUT2D eigenvalue weighted by atomic mass is 10.1. The highest BCUT2D eigenvalue weighted by atomic mass is 14.5. The molecule has 0 aromatic rings. The zero-order valence-electron chi connectivity index (χ0n) is 6.07. The molecule has 0 aromatic carbocycles. The largest absolute Gasteiger partial charge is 0.0654 e. The van der Waals surface area contributed by atoms with Crippen molar-refractivity contribution >= 4 is 0 Å². The molecular weight excluding hydrogens is 96.1 g/mol. The molecule has 1 unspecified atom stereocenters. The van der Waals surface area contributed by atoms with Gasteiger partial charge >= 0.3 is 0 Å². The summed E-state index contributed by atoms with van der Waals surface area (Å²) in [5.74, 6) is 0.937. The average Bonchev–Trinajstić information content (AvgIpc) is 2.15. The van der Waals surface area contributed by atoms with Gasteiger partial charge in [0.15, 0.2) is 0 Å². The Morgan fingerprint density at radius 1 is 1.50 bits per heavy atom. The van der Waals surface area contributed by atoms with Crippen molar-refractivity contribution in [1.29, 1.82) is 0 Å². The fourth-order valence-electron chi connectivity index (χ4n) is 1.24. The van der Waals surface area contributed by atoms with Crippen LogP contribution in [0, 0.1) is 17.8 Å². The molecule has 1 aliphatic rings. The summed E-state index contributed by atoms with van der Waals surface area (Å²) in [6, 6.07) is 0. The molecule has 0 bridgehead atoms. The van der Waals surface area contributed by atoms with Crippen LogP contribution in [0.5, 0.6) is 0 Å². The number of rotatable bonds is 2. The Labute approximate surface area is 52.3 Å². The second kappa shape index (κ2) is 1.75. The lowest BCUT2D eigenvalue weighted by Gasteiger charge is -1.98. The van der Waals surface area contributed by atoms with E-state index in [2.05, 4.69) is 27.2 Å². The molecule has 0 aliphatic heterocycles. The van der Waals surface area contributed by atoms with Crippen LogP contribution in [0.2, 0.25) is 0 Å². The van der Waals surface area contributed by atoms with Crippen LogP contribution >= 0.6 is 0 Å². The maximum Gasteiger partial charge on any atom is -0.0289 e. The van der Waals surface area contributed by atoms with Gasteiger partial charge in [-0.3, -0.25) is 0 Å². The molecule has 0 aromatic heterocycles. The van der Waals surface area contributed by atoms with Crippen molar-refractivity contribution in [1.82, 2.24) is 0 Å². The van der Waals surface area contributed by atoms with Crippen LogP contribution in [0.25, 0.3) is 0 Å². The standard InChI is InChI=1S/C8H15/c1-4-5-7-6-8(7,2)3/h6-7H,4-5H2,1-3H3. The molecule has 0 nitrogen and oxygen atoms in total. The quantitative estimate of drug-likeness (QED) is 0.514. The van der Waals surface area contributed by atoms with Crippen molar-refractivity contribution in [3.63, 3.8) is 0 Å². The van der Waals surface area contributed by atoms with Crippen molar-refractivity contribution < 1.29 is 0 Å². The Kier molecular flexibility index (Phi) is 1.34. The number of hydrogen-bond donors (Lipinski definition) is 0. The molecule has 0 spiro atoms. The first-order chi connectivity index (χ1) is 3.67. The first-order valence-electron chi connectivity index (χ1n) is 3.53. The van der Waals surface area contributed by atoms with Gasteiger partial charge in [-0.1, -0.05) is 27.2 Å². The average molecular weight is 111 g/mol. The van der Waals surface area contributed by atoms with Crippen LogP contribution in [-0.4, -0.2) is 0 Å². The molecule has 1 aliphatic carbocycles. The van der Waals surface area contributed by atoms with Crippen LogP contribution < -0.4 is 0 Å². The second-order valence-electron chi connectivity index (χ2n) is 3.38. The molecule has 1 fully saturated rings. The van der Waals surface area contributed by atoms with E-state index in [1.54, 1.807) is 0 Å². The molecule has 0 amide bonds. The maximum atomic E-state index is 2.44. The van der Waals surface area contributed by atoms with E-state index in [0.29, 0.717) is 5.41 Å². The lowest BCUT2D eigenvalue weighted by molar-refractivity contribution is 0.530. The maximum absolute atomic E-state index is 2.44. The fraction of sp³-hybridized carbons (Fsp3) is 0.875. The van der Waals surface area contributed by atoms with Crippen LogP contribution in [0.3, 0.4) is 0 Å². The lowest BCUT2D eigenvalue weighted by Crippen LogP contribution is -1.88. The van der Waals surface area contributed by atoms with Gasteiger partial charge < -0.3 is 0 Å². The minimum absolute atomic E-state index is 0.593. The highest BCUT2D eigenvalue weighted by Gasteiger charge is 2.44. The molecule has 0 heteroatoms. The SMILES string of the molecule is CCCC1[CH]C1(C)C. The minimum atomic E-state index is 0.593. The summed E-state index contributed by atoms with van der Waals surface area (Å²) >= 11 is 0. The fourth-order valence-corrected chi connectivity index (χ4v) is 1.24. The summed E-state index contributed by atoms with van der Waals surface area (Å²) in [7, 11) is 0. The Hall–Kier alpha value is 0. The monoisotopic (exact) mass is 111 g/mol. The third-order valence-electron chi connectivity index (χ3n) is 2.08. The van der Waals surface area contributed by atoms with Gasteiger partial charge in [0.05, 0.1) is 0 Å². The molecule has 0 heterocycles. The predicted octanol–water partition coefficient (Wildman–Crippen LogP) is 2.65. The van der Waals surface area contributed by atoms with Crippen LogP contribution in [0.1, 0.15) is 33.6 Å². The smallest absolute Gasteiger partial charge is 0.0289 e. The van der Waals surface area contributed by atoms with E-state index in [1.807, 2.05) is 0 Å². The summed E-state index contributed by atoms with van der Waals surface area (Å²) in [6.45, 7) is 6.88. The number of hydrogen-bond acceptors (Lipinski definition) is 0. The normalized spacial score (nSPS) is 32.6. The summed E-state index contributed by atoms with van der Waals surface area (Å²) < 4.78 is 0. The van der Waals surface area contributed by atoms with Crippen molar-refractivity contribution in [2.75, 3.05) is 0 Å². The highest BCUT2D eigenvalue weighted by molar-refractivity contribution is 5.12. The van der Waals surface area contributed by atoms with Crippen molar-refractivity contribution in [2.24, 2.45) is 11.3 Å². The third kappa shape index (κ3) is 1.04. The first kappa shape index (κ1) is 6.12. The minimum Gasteiger partial charge on any atom is -0.0654 e. The van der Waals surface area contributed by atoms with E-state index in [1.165, 1.54) is 12.8 Å². The van der Waals surface area contributed by atoms with Crippen LogP contribution in [0.4, 0.5) is 0 Å². The highest BCUT2D eigenvalue weighted by Crippen LogP contribution is 2.52. The first-order valence-corrected chi connectivity index (χ1v) is 3.53. The van der Waals surface area contributed by atoms with E-state index in [-0.39, 0.29) is 0 Å². The second-order valence-corrected chi connectivity index (χ2v) is 3.38. The van der Waals surface area contributed by atoms with E-state index in [0.717, 1.165) is 5.92 Å². The Morgan fingerprint density at radius 2 is 2.00 bits per heavy atom. The molecule has 8 heavy (non-hydrogen) atoms. The molecule has 1 atom stereocenters. The van der Waals surface area contributed by atoms with E-state index >= 15 is 0 Å². The van der Waals surface area contributed by atoms with Gasteiger partial charge in [0.25, 0.3) is 0 Å². The van der Waals surface area contributed by atoms with Crippen molar-refractivity contribution in [2.45, 2.75) is 33.6 Å². The summed E-state index contributed by atoms with van der Waals surface area (Å²) in [6.07, 6.45) is 5.17. The van der Waals surface area contributed by atoms with Gasteiger partial charge in [-0.05, 0) is 24.2 Å². The Bertz CT molecular complexity index is 82.0. The van der Waals surface area contributed by atoms with Crippen LogP contribution in [0.15, 0.2) is 0 Å². The van der Waals surface area contributed by atoms with Gasteiger partial charge in [-0.15, -0.1) is 0 Å². The zero-order chi connectivity index (χ0) is 6.20. The Morgan fingerprint density at radius 3 is 2.12 bits per heavy atom. The third-order valence-corrected chi connectivity index (χ3v) is 2.08. The van der Waals surface area contributed by atoms with E-state index in [4.69, 9.17) is 0 Å². The summed E-state index contributed by atoms with van der Waals surface area (Å²) in [5, 5.41) is 0. The summed E-state index contributed by atoms with van der Waals surface area (Å²) in [4.78, 5) is 0. The molecule has 47 valence electrons. The molecule has 0 N–H and O–H groups in total. The molecule has 0 saturated heterocycles. The predicted molar refractivity (Wildman–Crippen MR) is 36.5 cm³/mol. The van der Waals surface area contributed by atoms with Crippen LogP contribution in [-0.2, 0) is 0 Å². The van der Waals surface area contributed by atoms with Gasteiger partial charge in [-0.25, -0.2) is 0 Å². The molecular formula is C8H15. The molecule has 1 rings (SSSR count). The van der Waals surface area contributed by atoms with Crippen molar-refractivity contribution in [3.8, 4) is 0 Å². The molecule has 1 saturated carbocycles. The Balaban J connectivity index is 2.17. The molecule has 1 radical (unpaired) electrons. The van der Waals surface area contributed by atoms with Gasteiger partial charge in [0.2, 0.25) is 0 Å². The van der Waals surface area contributed by atoms with E-state index in [9.17, 15) is 0 Å². The topological polar surface area (TPSA) is 0 Å². The van der Waals surface area contributed by atoms with Gasteiger partial charge in [0.1, 0.15) is 0 Å². The van der Waals surface area contributed by atoms with Gasteiger partial charge in [-0.2, -0.15) is 0 Å². The van der Waals surface area contributed by atoms with Crippen molar-refractivity contribution in [3.05, 3.63) is 6.42 Å². The van der Waals surface area contributed by atoms with E-state index < -0.39 is 0 Å². The summed E-state index contributed by atoms with van der Waals surface area (Å²) in [5.41, 5.74) is 0.593.